The molecule has 1 aliphatic carbocycles. The Kier molecular flexibility index (Phi) is 10.4. The number of aliphatic imine (C=N–C) groups is 1. The monoisotopic (exact) mass is 502 g/mol. The summed E-state index contributed by atoms with van der Waals surface area (Å²) in [5, 5.41) is 2.60. The van der Waals surface area contributed by atoms with Gasteiger partial charge in [-0.2, -0.15) is 0 Å². The van der Waals surface area contributed by atoms with Crippen LogP contribution in [0.5, 0.6) is 5.75 Å². The summed E-state index contributed by atoms with van der Waals surface area (Å²) in [6.07, 6.45) is 6.31. The fourth-order valence-corrected chi connectivity index (χ4v) is 4.47. The van der Waals surface area contributed by atoms with Crippen molar-refractivity contribution in [3.63, 3.8) is 0 Å². The quantitative estimate of drug-likeness (QED) is 0.383. The highest BCUT2D eigenvalue weighted by molar-refractivity contribution is 5.97. The number of hydrogen-bond acceptors (Lipinski definition) is 8. The molecular formula is C26H38N4O6. The molecule has 1 saturated carbocycles. The molecule has 1 fully saturated rings. The SMILES string of the molecule is CCOC(=O)CN1Cc2cc(OCCCC(=O)N(C)C3CCCCC3)ccc2N=C1NC(=O)OCC. The van der Waals surface area contributed by atoms with Gasteiger partial charge in [0.05, 0.1) is 25.5 Å². The molecule has 0 aromatic heterocycles. The predicted molar refractivity (Wildman–Crippen MR) is 135 cm³/mol. The van der Waals surface area contributed by atoms with E-state index in [2.05, 4.69) is 10.3 Å². The van der Waals surface area contributed by atoms with Crippen LogP contribution in [0, 0.1) is 0 Å². The molecule has 3 rings (SSSR count). The van der Waals surface area contributed by atoms with Crippen molar-refractivity contribution < 1.29 is 28.6 Å². The van der Waals surface area contributed by atoms with Gasteiger partial charge < -0.3 is 24.0 Å². The van der Waals surface area contributed by atoms with Crippen LogP contribution in [0.2, 0.25) is 0 Å². The van der Waals surface area contributed by atoms with Crippen LogP contribution >= 0.6 is 0 Å². The van der Waals surface area contributed by atoms with Crippen LogP contribution in [0.15, 0.2) is 23.2 Å². The summed E-state index contributed by atoms with van der Waals surface area (Å²) < 4.78 is 15.9. The molecule has 1 aromatic rings. The topological polar surface area (TPSA) is 110 Å². The highest BCUT2D eigenvalue weighted by atomic mass is 16.5. The van der Waals surface area contributed by atoms with Gasteiger partial charge in [-0.05, 0) is 51.3 Å². The second-order valence-electron chi connectivity index (χ2n) is 8.98. The summed E-state index contributed by atoms with van der Waals surface area (Å²) in [7, 11) is 1.91. The highest BCUT2D eigenvalue weighted by Gasteiger charge is 2.25. The van der Waals surface area contributed by atoms with Gasteiger partial charge in [0, 0.05) is 31.6 Å². The summed E-state index contributed by atoms with van der Waals surface area (Å²) in [4.78, 5) is 44.6. The standard InChI is InChI=1S/C26H38N4O6/c1-4-34-24(32)18-30-17-19-16-21(13-14-22(19)27-25(30)28-26(33)35-5-2)36-15-9-12-23(31)29(3)20-10-7-6-8-11-20/h13-14,16,20H,4-12,15,17-18H2,1-3H3,(H,27,28,33). The molecule has 0 saturated heterocycles. The molecule has 1 N–H and O–H groups in total. The van der Waals surface area contributed by atoms with E-state index < -0.39 is 12.1 Å². The summed E-state index contributed by atoms with van der Waals surface area (Å²) in [6.45, 7) is 4.62. The maximum absolute atomic E-state index is 12.5. The first-order chi connectivity index (χ1) is 17.4. The number of nitrogens with one attached hydrogen (secondary N) is 1. The first-order valence-corrected chi connectivity index (χ1v) is 12.9. The number of carbonyl (C=O) groups excluding carboxylic acids is 3. The van der Waals surface area contributed by atoms with Crippen molar-refractivity contribution in [2.45, 2.75) is 71.4 Å². The van der Waals surface area contributed by atoms with Crippen molar-refractivity contribution in [2.24, 2.45) is 4.99 Å². The Morgan fingerprint density at radius 2 is 1.86 bits per heavy atom. The summed E-state index contributed by atoms with van der Waals surface area (Å²) in [5.41, 5.74) is 1.51. The highest BCUT2D eigenvalue weighted by Crippen LogP contribution is 2.30. The van der Waals surface area contributed by atoms with Crippen molar-refractivity contribution in [3.8, 4) is 5.75 Å². The molecule has 10 heteroatoms. The Balaban J connectivity index is 1.57. The number of benzene rings is 1. The van der Waals surface area contributed by atoms with Gasteiger partial charge in [0.15, 0.2) is 0 Å². The van der Waals surface area contributed by atoms with E-state index in [1.54, 1.807) is 30.9 Å². The molecule has 2 amide bonds. The number of rotatable bonds is 10. The van der Waals surface area contributed by atoms with E-state index in [9.17, 15) is 14.4 Å². The zero-order valence-electron chi connectivity index (χ0n) is 21.6. The van der Waals surface area contributed by atoms with Gasteiger partial charge in [-0.1, -0.05) is 19.3 Å². The fraction of sp³-hybridized carbons (Fsp3) is 0.615. The van der Waals surface area contributed by atoms with E-state index in [-0.39, 0.29) is 31.6 Å². The van der Waals surface area contributed by atoms with Gasteiger partial charge in [-0.3, -0.25) is 14.9 Å². The van der Waals surface area contributed by atoms with Crippen molar-refractivity contribution in [3.05, 3.63) is 23.8 Å². The Labute approximate surface area is 213 Å². The number of nitrogens with zero attached hydrogens (tertiary/aromatic N) is 3. The second-order valence-corrected chi connectivity index (χ2v) is 8.98. The zero-order chi connectivity index (χ0) is 25.9. The maximum atomic E-state index is 12.5. The Hall–Kier alpha value is -3.30. The van der Waals surface area contributed by atoms with Crippen LogP contribution in [0.4, 0.5) is 10.5 Å². The molecule has 1 heterocycles. The van der Waals surface area contributed by atoms with Crippen LogP contribution in [-0.4, -0.2) is 73.2 Å². The molecule has 2 aliphatic rings. The number of carbonyl (C=O) groups is 3. The number of hydrogen-bond donors (Lipinski definition) is 1. The molecule has 36 heavy (non-hydrogen) atoms. The fourth-order valence-electron chi connectivity index (χ4n) is 4.47. The van der Waals surface area contributed by atoms with Crippen LogP contribution in [-0.2, 0) is 25.6 Å². The Morgan fingerprint density at radius 1 is 1.11 bits per heavy atom. The lowest BCUT2D eigenvalue weighted by Crippen LogP contribution is -2.47. The molecule has 0 radical (unpaired) electrons. The van der Waals surface area contributed by atoms with Crippen molar-refractivity contribution in [1.82, 2.24) is 15.1 Å². The maximum Gasteiger partial charge on any atom is 0.413 e. The zero-order valence-corrected chi connectivity index (χ0v) is 21.6. The molecule has 0 unspecified atom stereocenters. The summed E-state index contributed by atoms with van der Waals surface area (Å²) in [6, 6.07) is 5.85. The molecule has 1 aromatic carbocycles. The van der Waals surface area contributed by atoms with Crippen molar-refractivity contribution in [2.75, 3.05) is 33.4 Å². The van der Waals surface area contributed by atoms with E-state index in [1.165, 1.54) is 19.3 Å². The minimum Gasteiger partial charge on any atom is -0.494 e. The lowest BCUT2D eigenvalue weighted by molar-refractivity contribution is -0.143. The minimum absolute atomic E-state index is 0.0692. The average molecular weight is 503 g/mol. The number of amides is 2. The third-order valence-corrected chi connectivity index (χ3v) is 6.37. The average Bonchev–Trinajstić information content (AvgIpc) is 2.87. The van der Waals surface area contributed by atoms with Crippen LogP contribution < -0.4 is 10.1 Å². The largest absolute Gasteiger partial charge is 0.494 e. The molecule has 10 nitrogen and oxygen atoms in total. The lowest BCUT2D eigenvalue weighted by Gasteiger charge is -2.31. The number of fused-ring (bicyclic) bond motifs is 1. The first kappa shape index (κ1) is 27.3. The Bertz CT molecular complexity index is 944. The van der Waals surface area contributed by atoms with Gasteiger partial charge >= 0.3 is 12.1 Å². The van der Waals surface area contributed by atoms with E-state index in [4.69, 9.17) is 14.2 Å². The third-order valence-electron chi connectivity index (χ3n) is 6.37. The smallest absolute Gasteiger partial charge is 0.413 e. The molecule has 1 aliphatic heterocycles. The van der Waals surface area contributed by atoms with Gasteiger partial charge in [0.2, 0.25) is 11.9 Å². The number of guanidine groups is 1. The normalized spacial score (nSPS) is 15.4. The van der Waals surface area contributed by atoms with Gasteiger partial charge in [0.25, 0.3) is 0 Å². The number of ether oxygens (including phenoxy) is 3. The predicted octanol–water partition coefficient (Wildman–Crippen LogP) is 3.75. The molecule has 0 spiro atoms. The van der Waals surface area contributed by atoms with Crippen molar-refractivity contribution in [1.29, 1.82) is 0 Å². The first-order valence-electron chi connectivity index (χ1n) is 12.9. The third kappa shape index (κ3) is 7.86. The molecular weight excluding hydrogens is 464 g/mol. The van der Waals surface area contributed by atoms with Gasteiger partial charge in [-0.25, -0.2) is 9.79 Å². The van der Waals surface area contributed by atoms with Crippen LogP contribution in [0.1, 0.15) is 64.4 Å². The molecule has 0 atom stereocenters. The Morgan fingerprint density at radius 3 is 2.58 bits per heavy atom. The van der Waals surface area contributed by atoms with Gasteiger partial charge in [0.1, 0.15) is 12.3 Å². The number of esters is 1. The van der Waals surface area contributed by atoms with E-state index in [1.807, 2.05) is 18.0 Å². The second kappa shape index (κ2) is 13.7. The summed E-state index contributed by atoms with van der Waals surface area (Å²) >= 11 is 0. The summed E-state index contributed by atoms with van der Waals surface area (Å²) in [5.74, 6) is 0.634. The minimum atomic E-state index is -0.641. The van der Waals surface area contributed by atoms with Crippen molar-refractivity contribution >= 4 is 29.6 Å². The molecule has 198 valence electrons. The van der Waals surface area contributed by atoms with E-state index in [0.717, 1.165) is 18.4 Å². The van der Waals surface area contributed by atoms with E-state index in [0.29, 0.717) is 43.5 Å². The van der Waals surface area contributed by atoms with Crippen LogP contribution in [0.25, 0.3) is 0 Å². The molecule has 0 bridgehead atoms. The van der Waals surface area contributed by atoms with Crippen LogP contribution in [0.3, 0.4) is 0 Å². The van der Waals surface area contributed by atoms with Gasteiger partial charge in [-0.15, -0.1) is 0 Å². The number of alkyl carbamates (subject to hydrolysis) is 1. The lowest BCUT2D eigenvalue weighted by atomic mass is 9.94. The van der Waals surface area contributed by atoms with E-state index >= 15 is 0 Å².